The number of hydrogen-bond donors (Lipinski definition) is 0. The van der Waals surface area contributed by atoms with Crippen LogP contribution >= 0.6 is 0 Å². The van der Waals surface area contributed by atoms with E-state index in [0.29, 0.717) is 25.6 Å². The van der Waals surface area contributed by atoms with Crippen molar-refractivity contribution < 1.29 is 18.7 Å². The van der Waals surface area contributed by atoms with Gasteiger partial charge in [0.1, 0.15) is 11.5 Å². The summed E-state index contributed by atoms with van der Waals surface area (Å²) in [7, 11) is 0. The number of ether oxygens (including phenoxy) is 2. The van der Waals surface area contributed by atoms with Crippen molar-refractivity contribution >= 4 is 5.97 Å². The van der Waals surface area contributed by atoms with E-state index >= 15 is 0 Å². The van der Waals surface area contributed by atoms with Gasteiger partial charge >= 0.3 is 5.97 Å². The molecule has 0 radical (unpaired) electrons. The highest BCUT2D eigenvalue weighted by atomic mass is 16.5. The summed E-state index contributed by atoms with van der Waals surface area (Å²) in [5, 5.41) is 0. The lowest BCUT2D eigenvalue weighted by Gasteiger charge is -2.17. The van der Waals surface area contributed by atoms with E-state index in [1.165, 1.54) is 32.1 Å². The van der Waals surface area contributed by atoms with Gasteiger partial charge in [-0.05, 0) is 50.8 Å². The Labute approximate surface area is 173 Å². The average molecular weight is 400 g/mol. The van der Waals surface area contributed by atoms with Gasteiger partial charge in [-0.2, -0.15) is 0 Å². The first-order chi connectivity index (χ1) is 14.1. The smallest absolute Gasteiger partial charge is 0.308 e. The number of rotatable bonds is 9. The van der Waals surface area contributed by atoms with Crippen LogP contribution in [0.2, 0.25) is 0 Å². The van der Waals surface area contributed by atoms with E-state index in [1.54, 1.807) is 0 Å². The third-order valence-corrected chi connectivity index (χ3v) is 5.63. The minimum Gasteiger partial charge on any atom is -0.493 e. The van der Waals surface area contributed by atoms with Gasteiger partial charge in [-0.1, -0.05) is 38.3 Å². The summed E-state index contributed by atoms with van der Waals surface area (Å²) in [5.74, 6) is 2.85. The number of carbonyl (C=O) groups is 1. The Bertz CT molecular complexity index is 775. The Morgan fingerprint density at radius 3 is 2.62 bits per heavy atom. The zero-order chi connectivity index (χ0) is 20.6. The quantitative estimate of drug-likeness (QED) is 0.529. The van der Waals surface area contributed by atoms with Crippen LogP contribution in [0.5, 0.6) is 5.75 Å². The van der Waals surface area contributed by atoms with E-state index < -0.39 is 0 Å². The molecule has 1 aromatic carbocycles. The van der Waals surface area contributed by atoms with Gasteiger partial charge in [0.15, 0.2) is 5.89 Å². The molecule has 5 nitrogen and oxygen atoms in total. The second kappa shape index (κ2) is 10.5. The molecule has 0 N–H and O–H groups in total. The van der Waals surface area contributed by atoms with E-state index in [-0.39, 0.29) is 11.9 Å². The van der Waals surface area contributed by atoms with E-state index in [9.17, 15) is 4.79 Å². The van der Waals surface area contributed by atoms with Gasteiger partial charge in [0.2, 0.25) is 0 Å². The van der Waals surface area contributed by atoms with Crippen LogP contribution in [0, 0.1) is 12.8 Å². The van der Waals surface area contributed by atoms with E-state index in [4.69, 9.17) is 18.9 Å². The standard InChI is InChI=1S/C24H33NO4/c1-4-27-24(26)17(2)16-19-10-12-21(13-11-19)28-15-14-22-18(3)29-23(25-22)20-8-6-5-7-9-20/h10-13,17,20H,4-9,14-16H2,1-3H3. The maximum atomic E-state index is 11.8. The molecule has 158 valence electrons. The summed E-state index contributed by atoms with van der Waals surface area (Å²) >= 11 is 0. The number of aryl methyl sites for hydroxylation is 1. The minimum atomic E-state index is -0.150. The van der Waals surface area contributed by atoms with Crippen molar-refractivity contribution in [3.63, 3.8) is 0 Å². The fourth-order valence-corrected chi connectivity index (χ4v) is 3.92. The molecule has 0 spiro atoms. The third kappa shape index (κ3) is 6.09. The number of hydrogen-bond acceptors (Lipinski definition) is 5. The van der Waals surface area contributed by atoms with Crippen LogP contribution in [0.3, 0.4) is 0 Å². The predicted molar refractivity (Wildman–Crippen MR) is 112 cm³/mol. The SMILES string of the molecule is CCOC(=O)C(C)Cc1ccc(OCCc2nc(C3CCCCC3)oc2C)cc1. The second-order valence-electron chi connectivity index (χ2n) is 7.99. The Hall–Kier alpha value is -2.30. The average Bonchev–Trinajstić information content (AvgIpc) is 3.11. The highest BCUT2D eigenvalue weighted by Gasteiger charge is 2.22. The van der Waals surface area contributed by atoms with Crippen molar-refractivity contribution in [2.45, 2.75) is 71.6 Å². The third-order valence-electron chi connectivity index (χ3n) is 5.63. The molecule has 0 saturated heterocycles. The monoisotopic (exact) mass is 399 g/mol. The van der Waals surface area contributed by atoms with Crippen molar-refractivity contribution in [2.24, 2.45) is 5.92 Å². The maximum Gasteiger partial charge on any atom is 0.308 e. The van der Waals surface area contributed by atoms with Crippen molar-refractivity contribution in [1.29, 1.82) is 0 Å². The molecule has 3 rings (SSSR count). The van der Waals surface area contributed by atoms with Crippen molar-refractivity contribution in [2.75, 3.05) is 13.2 Å². The van der Waals surface area contributed by atoms with Crippen LogP contribution in [-0.4, -0.2) is 24.2 Å². The summed E-state index contributed by atoms with van der Waals surface area (Å²) in [5.41, 5.74) is 2.10. The molecule has 1 atom stereocenters. The zero-order valence-electron chi connectivity index (χ0n) is 17.9. The largest absolute Gasteiger partial charge is 0.493 e. The Morgan fingerprint density at radius 2 is 1.93 bits per heavy atom. The molecule has 1 heterocycles. The lowest BCUT2D eigenvalue weighted by Crippen LogP contribution is -2.16. The van der Waals surface area contributed by atoms with Crippen LogP contribution in [0.15, 0.2) is 28.7 Å². The summed E-state index contributed by atoms with van der Waals surface area (Å²) in [6, 6.07) is 7.92. The fraction of sp³-hybridized carbons (Fsp3) is 0.583. The molecule has 1 aliphatic rings. The van der Waals surface area contributed by atoms with Gasteiger partial charge in [0.05, 0.1) is 24.8 Å². The molecule has 5 heteroatoms. The van der Waals surface area contributed by atoms with Crippen molar-refractivity contribution in [3.8, 4) is 5.75 Å². The molecule has 29 heavy (non-hydrogen) atoms. The molecule has 1 fully saturated rings. The summed E-state index contributed by atoms with van der Waals surface area (Å²) < 4.78 is 16.9. The predicted octanol–water partition coefficient (Wildman–Crippen LogP) is 5.39. The van der Waals surface area contributed by atoms with Gasteiger partial charge in [-0.3, -0.25) is 4.79 Å². The van der Waals surface area contributed by atoms with E-state index in [0.717, 1.165) is 35.1 Å². The first-order valence-electron chi connectivity index (χ1n) is 10.9. The Kier molecular flexibility index (Phi) is 7.73. The van der Waals surface area contributed by atoms with Gasteiger partial charge in [0.25, 0.3) is 0 Å². The highest BCUT2D eigenvalue weighted by Crippen LogP contribution is 2.33. The number of aromatic nitrogens is 1. The zero-order valence-corrected chi connectivity index (χ0v) is 17.9. The number of esters is 1. The van der Waals surface area contributed by atoms with Crippen LogP contribution in [-0.2, 0) is 22.4 Å². The molecule has 2 aromatic rings. The Balaban J connectivity index is 1.47. The van der Waals surface area contributed by atoms with Gasteiger partial charge in [-0.15, -0.1) is 0 Å². The normalized spacial score (nSPS) is 15.8. The molecule has 1 saturated carbocycles. The summed E-state index contributed by atoms with van der Waals surface area (Å²) in [4.78, 5) is 16.5. The van der Waals surface area contributed by atoms with Crippen molar-refractivity contribution in [1.82, 2.24) is 4.98 Å². The van der Waals surface area contributed by atoms with E-state index in [2.05, 4.69) is 0 Å². The summed E-state index contributed by atoms with van der Waals surface area (Å²) in [6.45, 7) is 6.70. The van der Waals surface area contributed by atoms with Crippen molar-refractivity contribution in [3.05, 3.63) is 47.2 Å². The second-order valence-corrected chi connectivity index (χ2v) is 7.99. The highest BCUT2D eigenvalue weighted by molar-refractivity contribution is 5.72. The maximum absolute atomic E-state index is 11.8. The van der Waals surface area contributed by atoms with Gasteiger partial charge < -0.3 is 13.9 Å². The van der Waals surface area contributed by atoms with Gasteiger partial charge in [-0.25, -0.2) is 4.98 Å². The molecular weight excluding hydrogens is 366 g/mol. The van der Waals surface area contributed by atoms with Crippen LogP contribution in [0.4, 0.5) is 0 Å². The lowest BCUT2D eigenvalue weighted by molar-refractivity contribution is -0.147. The molecule has 1 unspecified atom stereocenters. The van der Waals surface area contributed by atoms with Gasteiger partial charge in [0, 0.05) is 12.3 Å². The molecule has 0 bridgehead atoms. The molecule has 0 amide bonds. The number of oxazole rings is 1. The number of carbonyl (C=O) groups excluding carboxylic acids is 1. The first-order valence-corrected chi connectivity index (χ1v) is 10.9. The number of nitrogens with zero attached hydrogens (tertiary/aromatic N) is 1. The summed E-state index contributed by atoms with van der Waals surface area (Å²) in [6.07, 6.45) is 7.68. The van der Waals surface area contributed by atoms with Crippen LogP contribution in [0.25, 0.3) is 0 Å². The van der Waals surface area contributed by atoms with E-state index in [1.807, 2.05) is 45.0 Å². The van der Waals surface area contributed by atoms with Crippen LogP contribution < -0.4 is 4.74 Å². The number of benzene rings is 1. The van der Waals surface area contributed by atoms with Crippen LogP contribution in [0.1, 0.15) is 74.8 Å². The molecule has 1 aliphatic carbocycles. The lowest BCUT2D eigenvalue weighted by atomic mass is 9.89. The minimum absolute atomic E-state index is 0.143. The Morgan fingerprint density at radius 1 is 1.21 bits per heavy atom. The molecule has 0 aliphatic heterocycles. The topological polar surface area (TPSA) is 61.6 Å². The fourth-order valence-electron chi connectivity index (χ4n) is 3.92. The molecular formula is C24H33NO4. The first kappa shape index (κ1) is 21.4. The molecule has 1 aromatic heterocycles.